The third-order valence-electron chi connectivity index (χ3n) is 4.07. The van der Waals surface area contributed by atoms with Crippen LogP contribution in [0.5, 0.6) is 0 Å². The van der Waals surface area contributed by atoms with Gasteiger partial charge in [0.05, 0.1) is 31.1 Å². The molecule has 0 aliphatic carbocycles. The number of hydrogen-bond donors (Lipinski definition) is 1. The largest absolute Gasteiger partial charge is 0.438 e. The highest BCUT2D eigenvalue weighted by Gasteiger charge is 2.34. The van der Waals surface area contributed by atoms with Crippen LogP contribution in [0, 0.1) is 12.0 Å². The van der Waals surface area contributed by atoms with Gasteiger partial charge in [-0.2, -0.15) is 10.2 Å². The van der Waals surface area contributed by atoms with Crippen molar-refractivity contribution < 1.29 is 18.7 Å². The van der Waals surface area contributed by atoms with E-state index in [1.54, 1.807) is 19.1 Å². The second-order valence-corrected chi connectivity index (χ2v) is 6.60. The monoisotopic (exact) mass is 379 g/mol. The van der Waals surface area contributed by atoms with Crippen molar-refractivity contribution in [1.82, 2.24) is 5.32 Å². The minimum atomic E-state index is -0.511. The molecule has 0 radical (unpaired) electrons. The zero-order valence-corrected chi connectivity index (χ0v) is 15.2. The van der Waals surface area contributed by atoms with Crippen LogP contribution in [0.25, 0.3) is 4.85 Å². The van der Waals surface area contributed by atoms with Gasteiger partial charge in [-0.05, 0) is 30.4 Å². The predicted molar refractivity (Wildman–Crippen MR) is 101 cm³/mol. The van der Waals surface area contributed by atoms with Gasteiger partial charge >= 0.3 is 12.3 Å². The summed E-state index contributed by atoms with van der Waals surface area (Å²) in [6.07, 6.45) is 1.66. The molecule has 2 aliphatic rings. The first-order chi connectivity index (χ1) is 12.5. The molecule has 2 aliphatic heterocycles. The maximum absolute atomic E-state index is 14.5. The average molecular weight is 379 g/mol. The molecule has 0 bridgehead atoms. The van der Waals surface area contributed by atoms with E-state index < -0.39 is 12.2 Å². The Morgan fingerprint density at radius 3 is 2.92 bits per heavy atom. The fraction of sp³-hybridized carbons (Fsp3) is 0.471. The molecular formula is C17H20FN4O3S+. The molecule has 1 aromatic carbocycles. The van der Waals surface area contributed by atoms with Crippen molar-refractivity contribution in [2.24, 2.45) is 0 Å². The average Bonchev–Trinajstić information content (AvgIpc) is 3.00. The standard InChI is InChI=1S/C17H19FN4O3S/c1-12(26)20-11-19-9-14-10-22(17(23)25-14)13-2-3-16(15(18)8-13)21-4-6-24-7-5-21/h2-3,8,14H,4-7,9-10H2,1H3/p+1/t14-/m0/s1. The van der Waals surface area contributed by atoms with Crippen LogP contribution in [0.3, 0.4) is 0 Å². The number of amides is 1. The van der Waals surface area contributed by atoms with E-state index in [4.69, 9.17) is 21.7 Å². The number of anilines is 2. The van der Waals surface area contributed by atoms with E-state index in [1.165, 1.54) is 11.0 Å². The number of ether oxygens (including phenoxy) is 2. The van der Waals surface area contributed by atoms with Gasteiger partial charge in [0.25, 0.3) is 0 Å². The lowest BCUT2D eigenvalue weighted by Gasteiger charge is -2.29. The molecule has 0 unspecified atom stereocenters. The molecule has 3 rings (SSSR count). The van der Waals surface area contributed by atoms with E-state index in [-0.39, 0.29) is 12.4 Å². The highest BCUT2D eigenvalue weighted by Crippen LogP contribution is 2.28. The van der Waals surface area contributed by atoms with E-state index in [2.05, 4.69) is 16.4 Å². The zero-order valence-electron chi connectivity index (χ0n) is 14.4. The Balaban J connectivity index is 1.65. The number of carbonyl (C=O) groups is 1. The molecule has 0 spiro atoms. The number of nitrogens with one attached hydrogen (secondary N) is 1. The maximum Gasteiger partial charge on any atom is 0.414 e. The fourth-order valence-electron chi connectivity index (χ4n) is 2.82. The number of nitrogens with zero attached hydrogens (tertiary/aromatic N) is 3. The molecule has 1 amide bonds. The molecule has 2 fully saturated rings. The number of thiocarbonyl (C=S) groups is 1. The topological polar surface area (TPSA) is 58.4 Å². The Morgan fingerprint density at radius 2 is 2.23 bits per heavy atom. The van der Waals surface area contributed by atoms with E-state index in [1.807, 2.05) is 4.90 Å². The maximum atomic E-state index is 14.5. The first kappa shape index (κ1) is 18.4. The van der Waals surface area contributed by atoms with Gasteiger partial charge < -0.3 is 14.4 Å². The van der Waals surface area contributed by atoms with Crippen molar-refractivity contribution in [1.29, 1.82) is 0 Å². The van der Waals surface area contributed by atoms with Crippen LogP contribution in [-0.4, -0.2) is 56.6 Å². The zero-order chi connectivity index (χ0) is 18.5. The first-order valence-corrected chi connectivity index (χ1v) is 8.74. The van der Waals surface area contributed by atoms with Gasteiger partial charge in [0, 0.05) is 20.0 Å². The van der Waals surface area contributed by atoms with Crippen molar-refractivity contribution in [3.8, 4) is 6.19 Å². The first-order valence-electron chi connectivity index (χ1n) is 8.33. The summed E-state index contributed by atoms with van der Waals surface area (Å²) in [7, 11) is 0. The summed E-state index contributed by atoms with van der Waals surface area (Å²) in [6.45, 7) is 4.72. The van der Waals surface area contributed by atoms with Crippen LogP contribution in [0.1, 0.15) is 6.92 Å². The van der Waals surface area contributed by atoms with Crippen molar-refractivity contribution in [2.45, 2.75) is 13.0 Å². The third-order valence-corrected chi connectivity index (χ3v) is 4.18. The quantitative estimate of drug-likeness (QED) is 0.494. The van der Waals surface area contributed by atoms with Gasteiger partial charge in [-0.15, -0.1) is 0 Å². The van der Waals surface area contributed by atoms with E-state index in [0.29, 0.717) is 49.2 Å². The van der Waals surface area contributed by atoms with Crippen molar-refractivity contribution in [2.75, 3.05) is 49.2 Å². The summed E-state index contributed by atoms with van der Waals surface area (Å²) in [5.41, 5.74) is 0.981. The normalized spacial score (nSPS) is 19.6. The van der Waals surface area contributed by atoms with E-state index in [0.717, 1.165) is 0 Å². The molecule has 1 atom stereocenters. The van der Waals surface area contributed by atoms with Crippen LogP contribution in [0.2, 0.25) is 0 Å². The summed E-state index contributed by atoms with van der Waals surface area (Å²) in [4.78, 5) is 20.0. The van der Waals surface area contributed by atoms with Crippen LogP contribution in [0.15, 0.2) is 18.2 Å². The van der Waals surface area contributed by atoms with Crippen molar-refractivity contribution in [3.63, 3.8) is 0 Å². The Hall–Kier alpha value is -2.44. The number of cyclic esters (lactones) is 1. The SMILES string of the molecule is CC(=S)NC#[N+]C[C@H]1CN(c2ccc(N3CCOCC3)c(F)c2)C(=O)O1. The number of benzene rings is 1. The third kappa shape index (κ3) is 4.39. The second-order valence-electron chi connectivity index (χ2n) is 5.99. The summed E-state index contributed by atoms with van der Waals surface area (Å²) < 4.78 is 25.1. The molecule has 1 aromatic rings. The summed E-state index contributed by atoms with van der Waals surface area (Å²) in [5.74, 6) is -0.368. The molecule has 26 heavy (non-hydrogen) atoms. The number of morpholine rings is 1. The molecular weight excluding hydrogens is 359 g/mol. The van der Waals surface area contributed by atoms with Crippen molar-refractivity contribution >= 4 is 34.7 Å². The summed E-state index contributed by atoms with van der Waals surface area (Å²) >= 11 is 4.84. The molecule has 0 aromatic heterocycles. The lowest BCUT2D eigenvalue weighted by Crippen LogP contribution is -2.36. The number of carbonyl (C=O) groups excluding carboxylic acids is 1. The highest BCUT2D eigenvalue weighted by molar-refractivity contribution is 7.80. The molecule has 138 valence electrons. The van der Waals surface area contributed by atoms with Gasteiger partial charge in [-0.3, -0.25) is 4.90 Å². The van der Waals surface area contributed by atoms with Crippen LogP contribution >= 0.6 is 12.2 Å². The highest BCUT2D eigenvalue weighted by atomic mass is 32.1. The molecule has 1 N–H and O–H groups in total. The predicted octanol–water partition coefficient (Wildman–Crippen LogP) is 2.21. The fourth-order valence-corrected chi connectivity index (χ4v) is 2.86. The van der Waals surface area contributed by atoms with Gasteiger partial charge in [-0.1, -0.05) is 0 Å². The lowest BCUT2D eigenvalue weighted by molar-refractivity contribution is 0.122. The lowest BCUT2D eigenvalue weighted by atomic mass is 10.2. The molecule has 2 heterocycles. The molecule has 7 nitrogen and oxygen atoms in total. The molecule has 2 saturated heterocycles. The number of rotatable bonds is 3. The number of hydrogen-bond acceptors (Lipinski definition) is 5. The summed E-state index contributed by atoms with van der Waals surface area (Å²) in [6, 6.07) is 4.78. The molecule has 9 heteroatoms. The van der Waals surface area contributed by atoms with Gasteiger partial charge in [0.2, 0.25) is 6.54 Å². The Bertz CT molecular complexity index is 758. The smallest absolute Gasteiger partial charge is 0.414 e. The molecule has 0 saturated carbocycles. The minimum Gasteiger partial charge on any atom is -0.438 e. The van der Waals surface area contributed by atoms with Gasteiger partial charge in [-0.25, -0.2) is 9.18 Å². The van der Waals surface area contributed by atoms with E-state index >= 15 is 0 Å². The van der Waals surface area contributed by atoms with Crippen LogP contribution in [-0.2, 0) is 9.47 Å². The van der Waals surface area contributed by atoms with Gasteiger partial charge in [0.1, 0.15) is 5.82 Å². The summed E-state index contributed by atoms with van der Waals surface area (Å²) in [5, 5.41) is 2.67. The Morgan fingerprint density at radius 1 is 1.46 bits per heavy atom. The van der Waals surface area contributed by atoms with Crippen molar-refractivity contribution in [3.05, 3.63) is 28.9 Å². The van der Waals surface area contributed by atoms with Crippen LogP contribution in [0.4, 0.5) is 20.6 Å². The van der Waals surface area contributed by atoms with E-state index in [9.17, 15) is 9.18 Å². The van der Waals surface area contributed by atoms with Gasteiger partial charge in [0.15, 0.2) is 11.1 Å². The minimum absolute atomic E-state index is 0.256. The Labute approximate surface area is 156 Å². The van der Waals surface area contributed by atoms with Crippen LogP contribution < -0.4 is 15.1 Å². The Kier molecular flexibility index (Phi) is 5.85. The number of halogens is 1. The second kappa shape index (κ2) is 8.29.